The number of nitrogens with one attached hydrogen (secondary N) is 1. The number of allylic oxidation sites excluding steroid dienone is 3. The average Bonchev–Trinajstić information content (AvgIpc) is 1.85. The second-order valence-corrected chi connectivity index (χ2v) is 2.85. The molecule has 0 atom stereocenters. The Labute approximate surface area is 73.4 Å². The van der Waals surface area contributed by atoms with E-state index in [9.17, 15) is 0 Å². The Bertz CT molecular complexity index is 196. The molecule has 4 heteroatoms. The first-order valence-corrected chi connectivity index (χ1v) is 3.78. The van der Waals surface area contributed by atoms with Crippen molar-refractivity contribution in [2.75, 3.05) is 0 Å². The number of hydrogen-bond donors (Lipinski definition) is 2. The van der Waals surface area contributed by atoms with Gasteiger partial charge in [-0.15, -0.1) is 0 Å². The van der Waals surface area contributed by atoms with Crippen molar-refractivity contribution in [2.45, 2.75) is 6.92 Å². The molecule has 0 aromatic carbocycles. The Morgan fingerprint density at radius 1 is 1.70 bits per heavy atom. The van der Waals surface area contributed by atoms with Gasteiger partial charge >= 0.3 is 0 Å². The maximum Gasteiger partial charge on any atom is 0.116 e. The van der Waals surface area contributed by atoms with Crippen LogP contribution in [0.4, 0.5) is 0 Å². The third kappa shape index (κ3) is 3.69. The van der Waals surface area contributed by atoms with Crippen LogP contribution in [-0.4, -0.2) is 5.84 Å². The molecule has 0 saturated heterocycles. The molecule has 0 bridgehead atoms. The molecule has 56 valence electrons. The van der Waals surface area contributed by atoms with Gasteiger partial charge in [0.15, 0.2) is 0 Å². The monoisotopic (exact) mass is 222 g/mol. The Hall–Kier alpha value is -0.280. The first-order chi connectivity index (χ1) is 4.57. The molecule has 3 N–H and O–H groups in total. The first kappa shape index (κ1) is 9.72. The number of nitrogens with two attached hydrogens (primary N) is 1. The van der Waals surface area contributed by atoms with Crippen LogP contribution in [0.1, 0.15) is 6.92 Å². The summed E-state index contributed by atoms with van der Waals surface area (Å²) in [4.78, 5) is 0. The van der Waals surface area contributed by atoms with Crippen LogP contribution in [0.5, 0.6) is 0 Å². The van der Waals surface area contributed by atoms with E-state index in [2.05, 4.69) is 15.9 Å². The van der Waals surface area contributed by atoms with Gasteiger partial charge in [0.1, 0.15) is 5.84 Å². The fourth-order valence-electron chi connectivity index (χ4n) is 0.343. The smallest absolute Gasteiger partial charge is 0.116 e. The predicted molar refractivity (Wildman–Crippen MR) is 48.5 cm³/mol. The molecule has 0 heterocycles. The van der Waals surface area contributed by atoms with Gasteiger partial charge < -0.3 is 5.73 Å². The van der Waals surface area contributed by atoms with E-state index in [1.54, 1.807) is 6.08 Å². The van der Waals surface area contributed by atoms with Crippen molar-refractivity contribution < 1.29 is 0 Å². The minimum absolute atomic E-state index is 0.0520. The topological polar surface area (TPSA) is 49.9 Å². The van der Waals surface area contributed by atoms with Crippen LogP contribution < -0.4 is 5.73 Å². The van der Waals surface area contributed by atoms with E-state index >= 15 is 0 Å². The lowest BCUT2D eigenvalue weighted by Gasteiger charge is -1.93. The Morgan fingerprint density at radius 3 is 2.50 bits per heavy atom. The van der Waals surface area contributed by atoms with Crippen molar-refractivity contribution in [3.05, 3.63) is 21.7 Å². The van der Waals surface area contributed by atoms with E-state index in [1.807, 2.05) is 6.92 Å². The van der Waals surface area contributed by atoms with Gasteiger partial charge in [0, 0.05) is 4.48 Å². The molecule has 0 aliphatic heterocycles. The highest BCUT2D eigenvalue weighted by molar-refractivity contribution is 9.12. The normalized spacial score (nSPS) is 13.5. The highest BCUT2D eigenvalue weighted by Crippen LogP contribution is 2.19. The number of amidine groups is 1. The maximum absolute atomic E-state index is 6.86. The number of rotatable bonds is 2. The predicted octanol–water partition coefficient (Wildman–Crippen LogP) is 2.34. The zero-order chi connectivity index (χ0) is 8.15. The molecule has 0 amide bonds. The molecule has 0 saturated carbocycles. The molecule has 0 rings (SSSR count). The summed E-state index contributed by atoms with van der Waals surface area (Å²) < 4.78 is 0.740. The molecule has 2 nitrogen and oxygen atoms in total. The van der Waals surface area contributed by atoms with E-state index in [-0.39, 0.29) is 5.84 Å². The SMILES string of the molecule is C/C=C(Br)\C(Cl)=C/C(=N)N. The van der Waals surface area contributed by atoms with Gasteiger partial charge in [0.2, 0.25) is 0 Å². The minimum atomic E-state index is -0.0520. The summed E-state index contributed by atoms with van der Waals surface area (Å²) in [5.74, 6) is -0.0520. The van der Waals surface area contributed by atoms with Crippen LogP contribution in [0.3, 0.4) is 0 Å². The van der Waals surface area contributed by atoms with E-state index in [1.165, 1.54) is 6.08 Å². The fraction of sp³-hybridized carbons (Fsp3) is 0.167. The van der Waals surface area contributed by atoms with E-state index in [0.717, 1.165) is 4.48 Å². The molecule has 0 aromatic heterocycles. The summed E-state index contributed by atoms with van der Waals surface area (Å²) in [6.07, 6.45) is 3.15. The van der Waals surface area contributed by atoms with Crippen molar-refractivity contribution in [1.82, 2.24) is 0 Å². The second kappa shape index (κ2) is 4.52. The molecule has 10 heavy (non-hydrogen) atoms. The lowest BCUT2D eigenvalue weighted by atomic mass is 10.4. The van der Waals surface area contributed by atoms with Gasteiger partial charge in [-0.25, -0.2) is 0 Å². The van der Waals surface area contributed by atoms with E-state index in [4.69, 9.17) is 22.7 Å². The van der Waals surface area contributed by atoms with Gasteiger partial charge in [-0.1, -0.05) is 17.7 Å². The summed E-state index contributed by atoms with van der Waals surface area (Å²) in [5, 5.41) is 7.30. The zero-order valence-electron chi connectivity index (χ0n) is 5.49. The summed E-state index contributed by atoms with van der Waals surface area (Å²) in [6.45, 7) is 1.83. The molecule has 0 aliphatic rings. The summed E-state index contributed by atoms with van der Waals surface area (Å²) in [6, 6.07) is 0. The Balaban J connectivity index is 4.35. The lowest BCUT2D eigenvalue weighted by molar-refractivity contribution is 1.46. The molecule has 0 fully saturated rings. The van der Waals surface area contributed by atoms with Crippen LogP contribution in [0.15, 0.2) is 21.7 Å². The van der Waals surface area contributed by atoms with Crippen LogP contribution in [0, 0.1) is 5.41 Å². The molecular formula is C6H8BrClN2. The standard InChI is InChI=1S/C6H8BrClN2/c1-2-4(7)5(8)3-6(9)10/h2-3H,1H3,(H3,9,10)/b4-2+,5-3+. The zero-order valence-corrected chi connectivity index (χ0v) is 7.83. The Kier molecular flexibility index (Phi) is 4.40. The molecular weight excluding hydrogens is 215 g/mol. The van der Waals surface area contributed by atoms with Gasteiger partial charge in [-0.3, -0.25) is 5.41 Å². The molecule has 0 radical (unpaired) electrons. The number of halogens is 2. The van der Waals surface area contributed by atoms with Crippen LogP contribution >= 0.6 is 27.5 Å². The molecule has 0 aliphatic carbocycles. The third-order valence-corrected chi connectivity index (χ3v) is 2.19. The highest BCUT2D eigenvalue weighted by Gasteiger charge is 1.95. The lowest BCUT2D eigenvalue weighted by Crippen LogP contribution is -2.05. The maximum atomic E-state index is 6.86. The summed E-state index contributed by atoms with van der Waals surface area (Å²) in [7, 11) is 0. The van der Waals surface area contributed by atoms with Gasteiger partial charge in [0.05, 0.1) is 5.03 Å². The van der Waals surface area contributed by atoms with E-state index < -0.39 is 0 Å². The van der Waals surface area contributed by atoms with Gasteiger partial charge in [-0.05, 0) is 28.9 Å². The van der Waals surface area contributed by atoms with Crippen molar-refractivity contribution in [3.8, 4) is 0 Å². The third-order valence-electron chi connectivity index (χ3n) is 0.764. The molecule has 0 spiro atoms. The molecule has 0 unspecified atom stereocenters. The van der Waals surface area contributed by atoms with Crippen LogP contribution in [-0.2, 0) is 0 Å². The van der Waals surface area contributed by atoms with Crippen molar-refractivity contribution >= 4 is 33.4 Å². The van der Waals surface area contributed by atoms with Crippen molar-refractivity contribution in [2.24, 2.45) is 5.73 Å². The largest absolute Gasteiger partial charge is 0.384 e. The van der Waals surface area contributed by atoms with Crippen LogP contribution in [0.25, 0.3) is 0 Å². The van der Waals surface area contributed by atoms with Crippen molar-refractivity contribution in [1.29, 1.82) is 5.41 Å². The minimum Gasteiger partial charge on any atom is -0.384 e. The average molecular weight is 224 g/mol. The van der Waals surface area contributed by atoms with E-state index in [0.29, 0.717) is 5.03 Å². The van der Waals surface area contributed by atoms with Gasteiger partial charge in [0.25, 0.3) is 0 Å². The quantitative estimate of drug-likeness (QED) is 0.421. The van der Waals surface area contributed by atoms with Gasteiger partial charge in [-0.2, -0.15) is 0 Å². The van der Waals surface area contributed by atoms with Crippen LogP contribution in [0.2, 0.25) is 0 Å². The van der Waals surface area contributed by atoms with Crippen molar-refractivity contribution in [3.63, 3.8) is 0 Å². The highest BCUT2D eigenvalue weighted by atomic mass is 79.9. The fourth-order valence-corrected chi connectivity index (χ4v) is 0.684. The number of hydrogen-bond acceptors (Lipinski definition) is 1. The second-order valence-electron chi connectivity index (χ2n) is 1.58. The Morgan fingerprint density at radius 2 is 2.20 bits per heavy atom. The molecule has 0 aromatic rings. The summed E-state index contributed by atoms with van der Waals surface area (Å²) >= 11 is 8.83. The first-order valence-electron chi connectivity index (χ1n) is 2.61. The summed E-state index contributed by atoms with van der Waals surface area (Å²) in [5.41, 5.74) is 5.06.